The Bertz CT molecular complexity index is 766. The third kappa shape index (κ3) is 4.67. The Morgan fingerprint density at radius 3 is 1.30 bits per heavy atom. The molecule has 0 atom stereocenters. The molecule has 2 aromatic carbocycles. The summed E-state index contributed by atoms with van der Waals surface area (Å²) < 4.78 is 2.01. The van der Waals surface area contributed by atoms with E-state index in [0.717, 1.165) is 20.3 Å². The zero-order valence-corrected chi connectivity index (χ0v) is 15.0. The van der Waals surface area contributed by atoms with Crippen LogP contribution in [0.15, 0.2) is 90.1 Å². The van der Waals surface area contributed by atoms with Crippen molar-refractivity contribution in [3.8, 4) is 0 Å². The van der Waals surface area contributed by atoms with Gasteiger partial charge in [0.2, 0.25) is 0 Å². The smallest absolute Gasteiger partial charge is 0.154 e. The Hall–Kier alpha value is -2.12. The standard InChI is InChI=1S/C16H11Br2N5/c17-11-1-5-13(6-2-11)20-22-15-9-10-16(19-15)23-21-14-7-3-12(18)4-8-14/h1-10,19H. The minimum absolute atomic E-state index is 0.623. The van der Waals surface area contributed by atoms with Crippen molar-refractivity contribution in [2.24, 2.45) is 20.5 Å². The summed E-state index contributed by atoms with van der Waals surface area (Å²) in [6, 6.07) is 18.8. The van der Waals surface area contributed by atoms with E-state index in [2.05, 4.69) is 57.3 Å². The number of nitrogens with one attached hydrogen (secondary N) is 1. The first-order valence-corrected chi connectivity index (χ1v) is 8.31. The first-order valence-electron chi connectivity index (χ1n) is 6.73. The van der Waals surface area contributed by atoms with Gasteiger partial charge in [-0.1, -0.05) is 31.9 Å². The largest absolute Gasteiger partial charge is 0.322 e. The molecule has 0 saturated carbocycles. The van der Waals surface area contributed by atoms with Crippen molar-refractivity contribution < 1.29 is 0 Å². The Kier molecular flexibility index (Phi) is 5.09. The van der Waals surface area contributed by atoms with E-state index in [1.165, 1.54) is 0 Å². The fraction of sp³-hybridized carbons (Fsp3) is 0. The van der Waals surface area contributed by atoms with Crippen LogP contribution in [0.4, 0.5) is 23.0 Å². The van der Waals surface area contributed by atoms with E-state index in [-0.39, 0.29) is 0 Å². The molecular weight excluding hydrogens is 422 g/mol. The molecule has 114 valence electrons. The van der Waals surface area contributed by atoms with Crippen molar-refractivity contribution in [1.82, 2.24) is 4.98 Å². The van der Waals surface area contributed by atoms with Gasteiger partial charge in [-0.3, -0.25) is 0 Å². The van der Waals surface area contributed by atoms with Gasteiger partial charge >= 0.3 is 0 Å². The summed E-state index contributed by atoms with van der Waals surface area (Å²) in [6.07, 6.45) is 0. The lowest BCUT2D eigenvalue weighted by Gasteiger charge is -1.92. The highest BCUT2D eigenvalue weighted by Crippen LogP contribution is 2.24. The first kappa shape index (κ1) is 15.8. The lowest BCUT2D eigenvalue weighted by Crippen LogP contribution is -1.66. The van der Waals surface area contributed by atoms with Crippen LogP contribution in [0.1, 0.15) is 0 Å². The van der Waals surface area contributed by atoms with Gasteiger partial charge in [0.15, 0.2) is 11.6 Å². The molecule has 0 aliphatic rings. The maximum absolute atomic E-state index is 4.15. The van der Waals surface area contributed by atoms with Gasteiger partial charge in [0, 0.05) is 8.95 Å². The number of aromatic nitrogens is 1. The summed E-state index contributed by atoms with van der Waals surface area (Å²) in [5.74, 6) is 1.25. The number of halogens is 2. The summed E-state index contributed by atoms with van der Waals surface area (Å²) in [5, 5.41) is 16.6. The van der Waals surface area contributed by atoms with Gasteiger partial charge in [-0.25, -0.2) is 0 Å². The van der Waals surface area contributed by atoms with Crippen molar-refractivity contribution in [2.75, 3.05) is 0 Å². The van der Waals surface area contributed by atoms with E-state index < -0.39 is 0 Å². The SMILES string of the molecule is Brc1ccc(N=Nc2ccc(N=Nc3ccc(Br)cc3)[nH]2)cc1. The summed E-state index contributed by atoms with van der Waals surface area (Å²) in [6.45, 7) is 0. The highest BCUT2D eigenvalue weighted by molar-refractivity contribution is 9.10. The summed E-state index contributed by atoms with van der Waals surface area (Å²) in [7, 11) is 0. The second kappa shape index (κ2) is 7.43. The van der Waals surface area contributed by atoms with Crippen molar-refractivity contribution in [1.29, 1.82) is 0 Å². The Morgan fingerprint density at radius 2 is 0.913 bits per heavy atom. The number of hydrogen-bond donors (Lipinski definition) is 1. The van der Waals surface area contributed by atoms with E-state index in [1.54, 1.807) is 12.1 Å². The van der Waals surface area contributed by atoms with Gasteiger partial charge in [-0.2, -0.15) is 0 Å². The second-order valence-corrected chi connectivity index (χ2v) is 6.41. The maximum atomic E-state index is 4.15. The number of hydrogen-bond acceptors (Lipinski definition) is 4. The molecule has 0 saturated heterocycles. The molecule has 0 aliphatic carbocycles. The van der Waals surface area contributed by atoms with Crippen LogP contribution in [-0.4, -0.2) is 4.98 Å². The lowest BCUT2D eigenvalue weighted by molar-refractivity contribution is 1.14. The number of benzene rings is 2. The van der Waals surface area contributed by atoms with Gasteiger partial charge in [-0.05, 0) is 60.7 Å². The number of rotatable bonds is 4. The molecule has 7 heteroatoms. The Morgan fingerprint density at radius 1 is 0.522 bits per heavy atom. The van der Waals surface area contributed by atoms with Crippen LogP contribution in [0.5, 0.6) is 0 Å². The summed E-state index contributed by atoms with van der Waals surface area (Å²) in [4.78, 5) is 3.04. The molecule has 0 aliphatic heterocycles. The van der Waals surface area contributed by atoms with E-state index in [4.69, 9.17) is 0 Å². The highest BCUT2D eigenvalue weighted by atomic mass is 79.9. The normalized spacial score (nSPS) is 11.6. The number of azo groups is 2. The lowest BCUT2D eigenvalue weighted by atomic mass is 10.3. The van der Waals surface area contributed by atoms with Crippen LogP contribution in [0.25, 0.3) is 0 Å². The van der Waals surface area contributed by atoms with Gasteiger partial charge in [0.25, 0.3) is 0 Å². The minimum atomic E-state index is 0.623. The summed E-state index contributed by atoms with van der Waals surface area (Å²) >= 11 is 6.76. The maximum Gasteiger partial charge on any atom is 0.154 e. The third-order valence-corrected chi connectivity index (χ3v) is 3.91. The molecular formula is C16H11Br2N5. The van der Waals surface area contributed by atoms with Crippen LogP contribution in [0.2, 0.25) is 0 Å². The molecule has 1 N–H and O–H groups in total. The average Bonchev–Trinajstić information content (AvgIpc) is 3.02. The fourth-order valence-corrected chi connectivity index (χ4v) is 2.26. The molecule has 0 bridgehead atoms. The van der Waals surface area contributed by atoms with E-state index in [0.29, 0.717) is 11.6 Å². The van der Waals surface area contributed by atoms with Crippen LogP contribution in [-0.2, 0) is 0 Å². The molecule has 5 nitrogen and oxygen atoms in total. The number of aromatic amines is 1. The molecule has 23 heavy (non-hydrogen) atoms. The molecule has 0 fully saturated rings. The van der Waals surface area contributed by atoms with Gasteiger partial charge in [-0.15, -0.1) is 20.5 Å². The van der Waals surface area contributed by atoms with E-state index >= 15 is 0 Å². The molecule has 1 aromatic heterocycles. The van der Waals surface area contributed by atoms with E-state index in [1.807, 2.05) is 48.5 Å². The molecule has 0 amide bonds. The van der Waals surface area contributed by atoms with Crippen molar-refractivity contribution in [2.45, 2.75) is 0 Å². The monoisotopic (exact) mass is 431 g/mol. The summed E-state index contributed by atoms with van der Waals surface area (Å²) in [5.41, 5.74) is 1.56. The molecule has 0 unspecified atom stereocenters. The van der Waals surface area contributed by atoms with Crippen LogP contribution >= 0.6 is 31.9 Å². The zero-order chi connectivity index (χ0) is 16.1. The Balaban J connectivity index is 1.68. The first-order chi connectivity index (χ1) is 11.2. The van der Waals surface area contributed by atoms with Crippen LogP contribution in [0.3, 0.4) is 0 Å². The van der Waals surface area contributed by atoms with Crippen molar-refractivity contribution >= 4 is 54.9 Å². The molecule has 1 heterocycles. The topological polar surface area (TPSA) is 65.2 Å². The highest BCUT2D eigenvalue weighted by Gasteiger charge is 1.97. The second-order valence-electron chi connectivity index (χ2n) is 4.58. The van der Waals surface area contributed by atoms with E-state index in [9.17, 15) is 0 Å². The zero-order valence-electron chi connectivity index (χ0n) is 11.8. The third-order valence-electron chi connectivity index (χ3n) is 2.85. The molecule has 3 aromatic rings. The molecule has 3 rings (SSSR count). The number of H-pyrrole nitrogens is 1. The van der Waals surface area contributed by atoms with Gasteiger partial charge in [0.05, 0.1) is 11.4 Å². The van der Waals surface area contributed by atoms with Gasteiger partial charge < -0.3 is 4.98 Å². The number of nitrogens with zero attached hydrogens (tertiary/aromatic N) is 4. The Labute approximate surface area is 149 Å². The predicted octanol–water partition coefficient (Wildman–Crippen LogP) is 7.37. The van der Waals surface area contributed by atoms with Crippen LogP contribution in [0, 0.1) is 0 Å². The van der Waals surface area contributed by atoms with Crippen molar-refractivity contribution in [3.63, 3.8) is 0 Å². The molecule has 0 spiro atoms. The predicted molar refractivity (Wildman–Crippen MR) is 97.4 cm³/mol. The van der Waals surface area contributed by atoms with Gasteiger partial charge in [0.1, 0.15) is 0 Å². The molecule has 0 radical (unpaired) electrons. The average molecular weight is 433 g/mol. The van der Waals surface area contributed by atoms with Crippen molar-refractivity contribution in [3.05, 3.63) is 69.6 Å². The van der Waals surface area contributed by atoms with Crippen LogP contribution < -0.4 is 0 Å². The minimum Gasteiger partial charge on any atom is -0.322 e. The fourth-order valence-electron chi connectivity index (χ4n) is 1.73. The quantitative estimate of drug-likeness (QED) is 0.418.